The maximum atomic E-state index is 9.16. The van der Waals surface area contributed by atoms with Crippen LogP contribution < -0.4 is 0 Å². The van der Waals surface area contributed by atoms with Crippen molar-refractivity contribution in [1.82, 2.24) is 4.90 Å². The zero-order chi connectivity index (χ0) is 13.2. The second kappa shape index (κ2) is 4.80. The van der Waals surface area contributed by atoms with Crippen molar-refractivity contribution in [2.45, 2.75) is 25.9 Å². The van der Waals surface area contributed by atoms with E-state index in [2.05, 4.69) is 53.4 Å². The van der Waals surface area contributed by atoms with E-state index < -0.39 is 5.54 Å². The molecular formula is C16H18N2. The van der Waals surface area contributed by atoms with Crippen LogP contribution in [0, 0.1) is 11.3 Å². The number of hydrogen-bond donors (Lipinski definition) is 0. The predicted molar refractivity (Wildman–Crippen MR) is 75.1 cm³/mol. The van der Waals surface area contributed by atoms with Crippen LogP contribution in [0.5, 0.6) is 0 Å². The maximum absolute atomic E-state index is 9.16. The third-order valence-electron chi connectivity index (χ3n) is 3.52. The summed E-state index contributed by atoms with van der Waals surface area (Å²) in [7, 11) is 1.99. The molecule has 0 aliphatic carbocycles. The molecule has 2 nitrogen and oxygen atoms in total. The van der Waals surface area contributed by atoms with Gasteiger partial charge in [0.1, 0.15) is 5.54 Å². The van der Waals surface area contributed by atoms with E-state index in [1.165, 1.54) is 16.3 Å². The molecule has 0 amide bonds. The molecular weight excluding hydrogens is 220 g/mol. The molecule has 0 unspecified atom stereocenters. The van der Waals surface area contributed by atoms with Crippen LogP contribution in [-0.4, -0.2) is 17.5 Å². The SMILES string of the molecule is CN(Cc1cccc2ccccc12)C(C)(C)C#N. The summed E-state index contributed by atoms with van der Waals surface area (Å²) in [6, 6.07) is 17.0. The standard InChI is InChI=1S/C16H18N2/c1-16(2,12-17)18(3)11-14-9-6-8-13-7-4-5-10-15(13)14/h4-10H,11H2,1-3H3. The number of nitrogens with zero attached hydrogens (tertiary/aromatic N) is 2. The van der Waals surface area contributed by atoms with Crippen molar-refractivity contribution in [1.29, 1.82) is 5.26 Å². The summed E-state index contributed by atoms with van der Waals surface area (Å²) in [6.07, 6.45) is 0. The highest BCUT2D eigenvalue weighted by Gasteiger charge is 2.22. The summed E-state index contributed by atoms with van der Waals surface area (Å²) in [5, 5.41) is 11.7. The Hall–Kier alpha value is -1.85. The van der Waals surface area contributed by atoms with Crippen molar-refractivity contribution in [3.63, 3.8) is 0 Å². The van der Waals surface area contributed by atoms with Gasteiger partial charge >= 0.3 is 0 Å². The zero-order valence-corrected chi connectivity index (χ0v) is 11.1. The van der Waals surface area contributed by atoms with Gasteiger partial charge in [0.05, 0.1) is 6.07 Å². The van der Waals surface area contributed by atoms with Crippen LogP contribution in [0.3, 0.4) is 0 Å². The van der Waals surface area contributed by atoms with Crippen molar-refractivity contribution in [2.75, 3.05) is 7.05 Å². The van der Waals surface area contributed by atoms with E-state index in [0.717, 1.165) is 6.54 Å². The van der Waals surface area contributed by atoms with Gasteiger partial charge in [0, 0.05) is 6.54 Å². The molecule has 0 fully saturated rings. The molecule has 0 radical (unpaired) electrons. The van der Waals surface area contributed by atoms with E-state index in [1.54, 1.807) is 0 Å². The van der Waals surface area contributed by atoms with Crippen LogP contribution in [0.1, 0.15) is 19.4 Å². The lowest BCUT2D eigenvalue weighted by Crippen LogP contribution is -2.39. The number of rotatable bonds is 3. The molecule has 0 heterocycles. The average molecular weight is 238 g/mol. The smallest absolute Gasteiger partial charge is 0.103 e. The third kappa shape index (κ3) is 2.37. The highest BCUT2D eigenvalue weighted by Crippen LogP contribution is 2.22. The lowest BCUT2D eigenvalue weighted by molar-refractivity contribution is 0.203. The Morgan fingerprint density at radius 2 is 1.78 bits per heavy atom. The van der Waals surface area contributed by atoms with Crippen LogP contribution in [0.2, 0.25) is 0 Å². The normalized spacial score (nSPS) is 11.7. The van der Waals surface area contributed by atoms with E-state index in [1.807, 2.05) is 20.9 Å². The van der Waals surface area contributed by atoms with Crippen molar-refractivity contribution < 1.29 is 0 Å². The Labute approximate surface area is 108 Å². The number of benzene rings is 2. The second-order valence-electron chi connectivity index (χ2n) is 5.17. The minimum absolute atomic E-state index is 0.447. The topological polar surface area (TPSA) is 27.0 Å². The minimum Gasteiger partial charge on any atom is -0.285 e. The summed E-state index contributed by atoms with van der Waals surface area (Å²) in [6.45, 7) is 4.66. The lowest BCUT2D eigenvalue weighted by atomic mass is 10.0. The first-order chi connectivity index (χ1) is 8.54. The van der Waals surface area contributed by atoms with Gasteiger partial charge in [-0.1, -0.05) is 42.5 Å². The molecule has 0 bridgehead atoms. The van der Waals surface area contributed by atoms with E-state index in [0.29, 0.717) is 0 Å². The molecule has 0 spiro atoms. The summed E-state index contributed by atoms with van der Waals surface area (Å²) in [4.78, 5) is 2.08. The first kappa shape index (κ1) is 12.6. The monoisotopic (exact) mass is 238 g/mol. The molecule has 2 heteroatoms. The molecule has 0 aromatic heterocycles. The van der Waals surface area contributed by atoms with Gasteiger partial charge in [-0.05, 0) is 37.2 Å². The maximum Gasteiger partial charge on any atom is 0.103 e. The quantitative estimate of drug-likeness (QED) is 0.817. The Morgan fingerprint density at radius 3 is 2.50 bits per heavy atom. The van der Waals surface area contributed by atoms with E-state index in [9.17, 15) is 0 Å². The van der Waals surface area contributed by atoms with Gasteiger partial charge in [-0.2, -0.15) is 5.26 Å². The van der Waals surface area contributed by atoms with Gasteiger partial charge in [-0.3, -0.25) is 4.90 Å². The minimum atomic E-state index is -0.447. The van der Waals surface area contributed by atoms with Crippen LogP contribution in [0.25, 0.3) is 10.8 Å². The number of nitriles is 1. The Kier molecular flexibility index (Phi) is 3.36. The first-order valence-electron chi connectivity index (χ1n) is 6.14. The van der Waals surface area contributed by atoms with Crippen LogP contribution >= 0.6 is 0 Å². The van der Waals surface area contributed by atoms with Gasteiger partial charge in [0.2, 0.25) is 0 Å². The molecule has 0 aliphatic rings. The summed E-state index contributed by atoms with van der Waals surface area (Å²) < 4.78 is 0. The first-order valence-corrected chi connectivity index (χ1v) is 6.14. The van der Waals surface area contributed by atoms with Crippen molar-refractivity contribution in [3.8, 4) is 6.07 Å². The fourth-order valence-electron chi connectivity index (χ4n) is 1.97. The highest BCUT2D eigenvalue weighted by atomic mass is 15.2. The third-order valence-corrected chi connectivity index (χ3v) is 3.52. The number of hydrogen-bond acceptors (Lipinski definition) is 2. The van der Waals surface area contributed by atoms with Crippen molar-refractivity contribution >= 4 is 10.8 Å². The fourth-order valence-corrected chi connectivity index (χ4v) is 1.97. The molecule has 0 saturated carbocycles. The van der Waals surface area contributed by atoms with Gasteiger partial charge in [-0.25, -0.2) is 0 Å². The lowest BCUT2D eigenvalue weighted by Gasteiger charge is -2.29. The summed E-state index contributed by atoms with van der Waals surface area (Å²) >= 11 is 0. The van der Waals surface area contributed by atoms with Crippen molar-refractivity contribution in [3.05, 3.63) is 48.0 Å². The predicted octanol–water partition coefficient (Wildman–Crippen LogP) is 3.57. The van der Waals surface area contributed by atoms with E-state index in [-0.39, 0.29) is 0 Å². The van der Waals surface area contributed by atoms with Crippen LogP contribution in [-0.2, 0) is 6.54 Å². The Balaban J connectivity index is 2.36. The molecule has 0 atom stereocenters. The molecule has 18 heavy (non-hydrogen) atoms. The number of fused-ring (bicyclic) bond motifs is 1. The molecule has 0 saturated heterocycles. The van der Waals surface area contributed by atoms with E-state index >= 15 is 0 Å². The highest BCUT2D eigenvalue weighted by molar-refractivity contribution is 5.85. The molecule has 2 aromatic rings. The molecule has 0 N–H and O–H groups in total. The molecule has 2 rings (SSSR count). The molecule has 92 valence electrons. The van der Waals surface area contributed by atoms with Gasteiger partial charge in [-0.15, -0.1) is 0 Å². The van der Waals surface area contributed by atoms with Crippen LogP contribution in [0.15, 0.2) is 42.5 Å². The average Bonchev–Trinajstić information content (AvgIpc) is 2.39. The Morgan fingerprint density at radius 1 is 1.11 bits per heavy atom. The van der Waals surface area contributed by atoms with Gasteiger partial charge < -0.3 is 0 Å². The second-order valence-corrected chi connectivity index (χ2v) is 5.17. The fraction of sp³-hybridized carbons (Fsp3) is 0.312. The van der Waals surface area contributed by atoms with E-state index in [4.69, 9.17) is 5.26 Å². The molecule has 2 aromatic carbocycles. The summed E-state index contributed by atoms with van der Waals surface area (Å²) in [5.41, 5.74) is 0.815. The van der Waals surface area contributed by atoms with Crippen LogP contribution in [0.4, 0.5) is 0 Å². The zero-order valence-electron chi connectivity index (χ0n) is 11.1. The largest absolute Gasteiger partial charge is 0.285 e. The summed E-state index contributed by atoms with van der Waals surface area (Å²) in [5.74, 6) is 0. The molecule has 0 aliphatic heterocycles. The Bertz CT molecular complexity index is 588. The van der Waals surface area contributed by atoms with Crippen molar-refractivity contribution in [2.24, 2.45) is 0 Å². The van der Waals surface area contributed by atoms with Gasteiger partial charge in [0.25, 0.3) is 0 Å². The van der Waals surface area contributed by atoms with Gasteiger partial charge in [0.15, 0.2) is 0 Å².